The van der Waals surface area contributed by atoms with Gasteiger partial charge in [0.25, 0.3) is 0 Å². The molecule has 2 heterocycles. The Bertz CT molecular complexity index is 1170. The number of benzene rings is 2. The van der Waals surface area contributed by atoms with Crippen molar-refractivity contribution in [2.45, 2.75) is 29.8 Å². The van der Waals surface area contributed by atoms with Gasteiger partial charge in [0.05, 0.1) is 11.3 Å². The summed E-state index contributed by atoms with van der Waals surface area (Å²) >= 11 is 7.56. The van der Waals surface area contributed by atoms with E-state index in [9.17, 15) is 4.39 Å². The summed E-state index contributed by atoms with van der Waals surface area (Å²) in [4.78, 5) is 4.54. The van der Waals surface area contributed by atoms with Crippen molar-refractivity contribution in [2.24, 2.45) is 0 Å². The number of halogens is 2. The highest BCUT2D eigenvalue weighted by Crippen LogP contribution is 2.41. The van der Waals surface area contributed by atoms with Gasteiger partial charge in [-0.2, -0.15) is 0 Å². The maximum absolute atomic E-state index is 14.3. The Morgan fingerprint density at radius 2 is 2.00 bits per heavy atom. The van der Waals surface area contributed by atoms with Gasteiger partial charge in [0.15, 0.2) is 11.0 Å². The Hall–Kier alpha value is -2.64. The normalized spacial score (nSPS) is 13.7. The molecule has 1 fully saturated rings. The van der Waals surface area contributed by atoms with Gasteiger partial charge >= 0.3 is 0 Å². The molecule has 1 saturated carbocycles. The van der Waals surface area contributed by atoms with E-state index in [4.69, 9.17) is 16.0 Å². The van der Waals surface area contributed by atoms with E-state index in [-0.39, 0.29) is 5.82 Å². The molecule has 146 valence electrons. The van der Waals surface area contributed by atoms with Crippen LogP contribution in [0.3, 0.4) is 0 Å². The lowest BCUT2D eigenvalue weighted by molar-refractivity contribution is 0.573. The molecule has 0 atom stereocenters. The van der Waals surface area contributed by atoms with E-state index in [2.05, 4.69) is 15.2 Å². The van der Waals surface area contributed by atoms with Crippen LogP contribution in [0.4, 0.5) is 4.39 Å². The van der Waals surface area contributed by atoms with Gasteiger partial charge in [-0.25, -0.2) is 9.37 Å². The number of rotatable bonds is 6. The average Bonchev–Trinajstić information content (AvgIpc) is 3.30. The molecule has 0 saturated heterocycles. The predicted octanol–water partition coefficient (Wildman–Crippen LogP) is 6.02. The van der Waals surface area contributed by atoms with Crippen LogP contribution in [-0.4, -0.2) is 19.7 Å². The molecule has 1 aliphatic carbocycles. The van der Waals surface area contributed by atoms with Gasteiger partial charge in [0.1, 0.15) is 12.1 Å². The predicted molar refractivity (Wildman–Crippen MR) is 110 cm³/mol. The van der Waals surface area contributed by atoms with Crippen LogP contribution in [0, 0.1) is 5.82 Å². The van der Waals surface area contributed by atoms with Crippen LogP contribution in [0.5, 0.6) is 0 Å². The van der Waals surface area contributed by atoms with E-state index >= 15 is 0 Å². The third kappa shape index (κ3) is 3.80. The molecular formula is C21H16ClFN4OS. The van der Waals surface area contributed by atoms with Crippen LogP contribution in [0.25, 0.3) is 22.8 Å². The van der Waals surface area contributed by atoms with Crippen molar-refractivity contribution >= 4 is 23.4 Å². The summed E-state index contributed by atoms with van der Waals surface area (Å²) < 4.78 is 21.9. The van der Waals surface area contributed by atoms with Crippen molar-refractivity contribution in [1.29, 1.82) is 0 Å². The van der Waals surface area contributed by atoms with Crippen LogP contribution in [0.15, 0.2) is 64.4 Å². The molecule has 0 spiro atoms. The quantitative estimate of drug-likeness (QED) is 0.353. The average molecular weight is 427 g/mol. The molecule has 0 amide bonds. The van der Waals surface area contributed by atoms with E-state index in [0.717, 1.165) is 29.3 Å². The molecule has 0 radical (unpaired) electrons. The van der Waals surface area contributed by atoms with Crippen molar-refractivity contribution in [3.05, 3.63) is 71.3 Å². The minimum absolute atomic E-state index is 0.291. The number of thioether (sulfide) groups is 1. The molecule has 2 aromatic carbocycles. The number of hydrogen-bond acceptors (Lipinski definition) is 5. The highest BCUT2D eigenvalue weighted by Gasteiger charge is 2.31. The van der Waals surface area contributed by atoms with E-state index < -0.39 is 0 Å². The van der Waals surface area contributed by atoms with Gasteiger partial charge in [0.2, 0.25) is 5.89 Å². The van der Waals surface area contributed by atoms with Crippen molar-refractivity contribution in [2.75, 3.05) is 0 Å². The maximum Gasteiger partial charge on any atom is 0.226 e. The first-order valence-electron chi connectivity index (χ1n) is 9.22. The molecule has 2 aromatic heterocycles. The summed E-state index contributed by atoms with van der Waals surface area (Å²) in [5, 5.41) is 9.99. The summed E-state index contributed by atoms with van der Waals surface area (Å²) in [6, 6.07) is 14.4. The Morgan fingerprint density at radius 1 is 1.14 bits per heavy atom. The van der Waals surface area contributed by atoms with Crippen LogP contribution < -0.4 is 0 Å². The summed E-state index contributed by atoms with van der Waals surface area (Å²) in [6.07, 6.45) is 3.74. The zero-order valence-corrected chi connectivity index (χ0v) is 16.8. The SMILES string of the molecule is Fc1ccccc1-c1nnc(SCc2coc(-c3cccc(Cl)c3)n2)n1C1CC1. The van der Waals surface area contributed by atoms with Gasteiger partial charge in [-0.05, 0) is 43.2 Å². The topological polar surface area (TPSA) is 56.7 Å². The van der Waals surface area contributed by atoms with Crippen LogP contribution in [0.1, 0.15) is 24.6 Å². The standard InChI is InChI=1S/C21H16ClFN4OS/c22-14-5-3-4-13(10-14)20-24-15(11-28-20)12-29-21-26-25-19(27(21)16-8-9-16)17-6-1-2-7-18(17)23/h1-7,10-11,16H,8-9,12H2. The molecule has 5 rings (SSSR count). The van der Waals surface area contributed by atoms with E-state index in [1.54, 1.807) is 18.4 Å². The Kier molecular flexibility index (Phi) is 4.85. The lowest BCUT2D eigenvalue weighted by Crippen LogP contribution is -2.01. The Balaban J connectivity index is 1.38. The first-order valence-corrected chi connectivity index (χ1v) is 10.6. The molecule has 0 N–H and O–H groups in total. The van der Waals surface area contributed by atoms with Gasteiger partial charge in [-0.15, -0.1) is 10.2 Å². The number of hydrogen-bond donors (Lipinski definition) is 0. The van der Waals surface area contributed by atoms with Gasteiger partial charge in [0, 0.05) is 22.4 Å². The summed E-state index contributed by atoms with van der Waals surface area (Å²) in [7, 11) is 0. The second-order valence-corrected chi connectivity index (χ2v) is 8.21. The molecule has 0 bridgehead atoms. The minimum atomic E-state index is -0.291. The van der Waals surface area contributed by atoms with Crippen molar-refractivity contribution in [1.82, 2.24) is 19.7 Å². The second kappa shape index (κ2) is 7.65. The van der Waals surface area contributed by atoms with Crippen molar-refractivity contribution in [3.8, 4) is 22.8 Å². The zero-order chi connectivity index (χ0) is 19.8. The van der Waals surface area contributed by atoms with Gasteiger partial charge in [-0.3, -0.25) is 4.57 Å². The fraction of sp³-hybridized carbons (Fsp3) is 0.190. The largest absolute Gasteiger partial charge is 0.444 e. The number of aromatic nitrogens is 4. The van der Waals surface area contributed by atoms with E-state index in [1.165, 1.54) is 17.8 Å². The van der Waals surface area contributed by atoms with E-state index in [1.807, 2.05) is 34.9 Å². The first kappa shape index (κ1) is 18.4. The van der Waals surface area contributed by atoms with Gasteiger partial charge in [-0.1, -0.05) is 41.6 Å². The summed E-state index contributed by atoms with van der Waals surface area (Å²) in [5.74, 6) is 1.39. The second-order valence-electron chi connectivity index (χ2n) is 6.83. The first-order chi connectivity index (χ1) is 14.2. The molecule has 0 unspecified atom stereocenters. The molecule has 29 heavy (non-hydrogen) atoms. The molecule has 5 nitrogen and oxygen atoms in total. The van der Waals surface area contributed by atoms with Crippen LogP contribution in [-0.2, 0) is 5.75 Å². The molecule has 0 aliphatic heterocycles. The van der Waals surface area contributed by atoms with Crippen LogP contribution >= 0.6 is 23.4 Å². The third-order valence-corrected chi connectivity index (χ3v) is 5.88. The highest BCUT2D eigenvalue weighted by molar-refractivity contribution is 7.98. The Labute approximate surface area is 175 Å². The maximum atomic E-state index is 14.3. The minimum Gasteiger partial charge on any atom is -0.444 e. The fourth-order valence-corrected chi connectivity index (χ4v) is 4.20. The van der Waals surface area contributed by atoms with E-state index in [0.29, 0.717) is 34.1 Å². The molecular weight excluding hydrogens is 411 g/mol. The van der Waals surface area contributed by atoms with Crippen molar-refractivity contribution < 1.29 is 8.81 Å². The highest BCUT2D eigenvalue weighted by atomic mass is 35.5. The number of oxazole rings is 1. The Morgan fingerprint density at radius 3 is 2.79 bits per heavy atom. The third-order valence-electron chi connectivity index (χ3n) is 4.66. The monoisotopic (exact) mass is 426 g/mol. The van der Waals surface area contributed by atoms with Crippen LogP contribution in [0.2, 0.25) is 5.02 Å². The smallest absolute Gasteiger partial charge is 0.226 e. The number of nitrogens with zero attached hydrogens (tertiary/aromatic N) is 4. The molecule has 4 aromatic rings. The lowest BCUT2D eigenvalue weighted by atomic mass is 10.2. The molecule has 1 aliphatic rings. The lowest BCUT2D eigenvalue weighted by Gasteiger charge is -2.08. The van der Waals surface area contributed by atoms with Crippen molar-refractivity contribution in [3.63, 3.8) is 0 Å². The fourth-order valence-electron chi connectivity index (χ4n) is 3.13. The molecule has 8 heteroatoms. The summed E-state index contributed by atoms with van der Waals surface area (Å²) in [5.41, 5.74) is 2.10. The summed E-state index contributed by atoms with van der Waals surface area (Å²) in [6.45, 7) is 0. The van der Waals surface area contributed by atoms with Gasteiger partial charge < -0.3 is 4.42 Å². The zero-order valence-electron chi connectivity index (χ0n) is 15.3.